The van der Waals surface area contributed by atoms with Crippen LogP contribution in [0.4, 0.5) is 0 Å². The van der Waals surface area contributed by atoms with E-state index in [-0.39, 0.29) is 24.4 Å². The third kappa shape index (κ3) is 5.73. The van der Waals surface area contributed by atoms with Gasteiger partial charge in [-0.05, 0) is 41.5 Å². The maximum Gasteiger partial charge on any atom is 0.251 e. The molecule has 1 aromatic rings. The molecule has 1 aromatic carbocycles. The second-order valence-corrected chi connectivity index (χ2v) is 5.16. The average Bonchev–Trinajstić information content (AvgIpc) is 2.45. The van der Waals surface area contributed by atoms with Crippen molar-refractivity contribution in [3.63, 3.8) is 0 Å². The molecule has 0 aliphatic rings. The quantitative estimate of drug-likeness (QED) is 0.762. The summed E-state index contributed by atoms with van der Waals surface area (Å²) in [5, 5.41) is 6.11. The van der Waals surface area contributed by atoms with E-state index in [1.165, 1.54) is 0 Å². The molecule has 0 saturated carbocycles. The fourth-order valence-electron chi connectivity index (χ4n) is 1.77. The zero-order valence-corrected chi connectivity index (χ0v) is 15.1. The maximum absolute atomic E-state index is 12.1. The van der Waals surface area contributed by atoms with Gasteiger partial charge in [-0.1, -0.05) is 6.92 Å². The molecule has 5 nitrogen and oxygen atoms in total. The molecule has 1 atom stereocenters. The van der Waals surface area contributed by atoms with Gasteiger partial charge in [0.25, 0.3) is 5.91 Å². The van der Waals surface area contributed by atoms with Crippen molar-refractivity contribution in [1.29, 1.82) is 0 Å². The minimum atomic E-state index is -0.154. The van der Waals surface area contributed by atoms with E-state index in [1.54, 1.807) is 26.4 Å². The third-order valence-corrected chi connectivity index (χ3v) is 3.61. The fourth-order valence-corrected chi connectivity index (χ4v) is 2.32. The number of rotatable bonds is 7. The molecular formula is C14H22BrClN2O3. The van der Waals surface area contributed by atoms with E-state index in [0.717, 1.165) is 6.54 Å². The van der Waals surface area contributed by atoms with Crippen molar-refractivity contribution in [2.75, 3.05) is 27.3 Å². The number of benzene rings is 1. The smallest absolute Gasteiger partial charge is 0.251 e. The van der Waals surface area contributed by atoms with Gasteiger partial charge < -0.3 is 20.1 Å². The Bertz CT molecular complexity index is 447. The van der Waals surface area contributed by atoms with Crippen LogP contribution in [-0.2, 0) is 0 Å². The van der Waals surface area contributed by atoms with E-state index in [9.17, 15) is 4.79 Å². The van der Waals surface area contributed by atoms with E-state index in [2.05, 4.69) is 26.6 Å². The average molecular weight is 382 g/mol. The van der Waals surface area contributed by atoms with Gasteiger partial charge in [0.2, 0.25) is 0 Å². The van der Waals surface area contributed by atoms with Crippen molar-refractivity contribution >= 4 is 34.2 Å². The van der Waals surface area contributed by atoms with Gasteiger partial charge in [0, 0.05) is 18.2 Å². The summed E-state index contributed by atoms with van der Waals surface area (Å²) in [6.45, 7) is 5.49. The van der Waals surface area contributed by atoms with Crippen molar-refractivity contribution in [2.45, 2.75) is 19.9 Å². The molecule has 1 rings (SSSR count). The molecule has 21 heavy (non-hydrogen) atoms. The van der Waals surface area contributed by atoms with Crippen molar-refractivity contribution in [2.24, 2.45) is 0 Å². The molecule has 0 aliphatic carbocycles. The van der Waals surface area contributed by atoms with Gasteiger partial charge >= 0.3 is 0 Å². The molecule has 0 heterocycles. The van der Waals surface area contributed by atoms with Gasteiger partial charge in [0.1, 0.15) is 16.0 Å². The predicted octanol–water partition coefficient (Wildman–Crippen LogP) is 2.62. The SMILES string of the molecule is CCN[C@H](C)CNC(=O)c1cc(OC)c(Br)c(OC)c1.Cl. The zero-order valence-electron chi connectivity index (χ0n) is 12.7. The normalized spacial score (nSPS) is 11.3. The summed E-state index contributed by atoms with van der Waals surface area (Å²) >= 11 is 3.38. The van der Waals surface area contributed by atoms with E-state index >= 15 is 0 Å². The molecule has 0 unspecified atom stereocenters. The van der Waals surface area contributed by atoms with E-state index in [4.69, 9.17) is 9.47 Å². The Kier molecular flexibility index (Phi) is 9.41. The third-order valence-electron chi connectivity index (χ3n) is 2.83. The molecule has 0 saturated heterocycles. The van der Waals surface area contributed by atoms with E-state index < -0.39 is 0 Å². The first-order valence-corrected chi connectivity index (χ1v) is 7.25. The molecule has 1 amide bonds. The van der Waals surface area contributed by atoms with Gasteiger partial charge in [0.15, 0.2) is 0 Å². The monoisotopic (exact) mass is 380 g/mol. The first-order valence-electron chi connectivity index (χ1n) is 6.46. The Morgan fingerprint density at radius 1 is 1.29 bits per heavy atom. The van der Waals surface area contributed by atoms with Crippen molar-refractivity contribution in [1.82, 2.24) is 10.6 Å². The molecular weight excluding hydrogens is 360 g/mol. The van der Waals surface area contributed by atoms with Crippen LogP contribution >= 0.6 is 28.3 Å². The maximum atomic E-state index is 12.1. The Labute approximate surface area is 140 Å². The molecule has 7 heteroatoms. The van der Waals surface area contributed by atoms with Crippen molar-refractivity contribution in [3.05, 3.63) is 22.2 Å². The summed E-state index contributed by atoms with van der Waals surface area (Å²) < 4.78 is 11.1. The molecule has 0 aromatic heterocycles. The summed E-state index contributed by atoms with van der Waals surface area (Å²) in [6, 6.07) is 3.59. The lowest BCUT2D eigenvalue weighted by Crippen LogP contribution is -2.38. The Morgan fingerprint density at radius 3 is 2.24 bits per heavy atom. The number of methoxy groups -OCH3 is 2. The van der Waals surface area contributed by atoms with Crippen LogP contribution < -0.4 is 20.1 Å². The number of nitrogens with one attached hydrogen (secondary N) is 2. The minimum Gasteiger partial charge on any atom is -0.495 e. The molecule has 0 spiro atoms. The highest BCUT2D eigenvalue weighted by Crippen LogP contribution is 2.35. The number of hydrogen-bond acceptors (Lipinski definition) is 4. The van der Waals surface area contributed by atoms with Crippen molar-refractivity contribution in [3.8, 4) is 11.5 Å². The highest BCUT2D eigenvalue weighted by Gasteiger charge is 2.14. The molecule has 0 radical (unpaired) electrons. The summed E-state index contributed by atoms with van der Waals surface area (Å²) in [7, 11) is 3.10. The highest BCUT2D eigenvalue weighted by molar-refractivity contribution is 9.10. The number of ether oxygens (including phenoxy) is 2. The van der Waals surface area contributed by atoms with Gasteiger partial charge in [0.05, 0.1) is 14.2 Å². The molecule has 120 valence electrons. The summed E-state index contributed by atoms with van der Waals surface area (Å²) in [5.41, 5.74) is 0.505. The number of hydrogen-bond donors (Lipinski definition) is 2. The first kappa shape index (κ1) is 20.0. The highest BCUT2D eigenvalue weighted by atomic mass is 79.9. The van der Waals surface area contributed by atoms with Crippen molar-refractivity contribution < 1.29 is 14.3 Å². The minimum absolute atomic E-state index is 0. The standard InChI is InChI=1S/C14H21BrN2O3.ClH/c1-5-16-9(2)8-17-14(18)10-6-11(19-3)13(15)12(7-10)20-4;/h6-7,9,16H,5,8H2,1-4H3,(H,17,18);1H/t9-;/m1./s1. The molecule has 0 aliphatic heterocycles. The second-order valence-electron chi connectivity index (χ2n) is 4.36. The van der Waals surface area contributed by atoms with Gasteiger partial charge in [-0.3, -0.25) is 4.79 Å². The van der Waals surface area contributed by atoms with Crippen LogP contribution in [0.1, 0.15) is 24.2 Å². The predicted molar refractivity (Wildman–Crippen MR) is 90.0 cm³/mol. The number of carbonyl (C=O) groups excluding carboxylic acids is 1. The lowest BCUT2D eigenvalue weighted by atomic mass is 10.2. The van der Waals surface area contributed by atoms with Gasteiger partial charge in [-0.25, -0.2) is 0 Å². The van der Waals surface area contributed by atoms with Crippen LogP contribution in [0.5, 0.6) is 11.5 Å². The summed E-state index contributed by atoms with van der Waals surface area (Å²) in [5.74, 6) is 0.974. The van der Waals surface area contributed by atoms with E-state index in [0.29, 0.717) is 28.1 Å². The lowest BCUT2D eigenvalue weighted by Gasteiger charge is -2.15. The summed E-state index contributed by atoms with van der Waals surface area (Å²) in [4.78, 5) is 12.1. The topological polar surface area (TPSA) is 59.6 Å². The molecule has 0 bridgehead atoms. The van der Waals surface area contributed by atoms with Crippen LogP contribution in [0, 0.1) is 0 Å². The fraction of sp³-hybridized carbons (Fsp3) is 0.500. The number of halogens is 2. The van der Waals surface area contributed by atoms with E-state index in [1.807, 2.05) is 13.8 Å². The Balaban J connectivity index is 0.00000400. The number of amides is 1. The van der Waals surface area contributed by atoms with Gasteiger partial charge in [-0.15, -0.1) is 12.4 Å². The van der Waals surface area contributed by atoms with Crippen LogP contribution in [-0.4, -0.2) is 39.3 Å². The van der Waals surface area contributed by atoms with Gasteiger partial charge in [-0.2, -0.15) is 0 Å². The Morgan fingerprint density at radius 2 is 1.81 bits per heavy atom. The molecule has 0 fully saturated rings. The molecule has 2 N–H and O–H groups in total. The Hall–Kier alpha value is -0.980. The zero-order chi connectivity index (χ0) is 15.1. The largest absolute Gasteiger partial charge is 0.495 e. The number of likely N-dealkylation sites (N-methyl/N-ethyl adjacent to an activating group) is 1. The van der Waals surface area contributed by atoms with Crippen LogP contribution in [0.25, 0.3) is 0 Å². The first-order chi connectivity index (χ1) is 9.53. The van der Waals surface area contributed by atoms with Crippen LogP contribution in [0.3, 0.4) is 0 Å². The van der Waals surface area contributed by atoms with Crippen LogP contribution in [0.15, 0.2) is 16.6 Å². The number of carbonyl (C=O) groups is 1. The lowest BCUT2D eigenvalue weighted by molar-refractivity contribution is 0.0949. The van der Waals surface area contributed by atoms with Crippen LogP contribution in [0.2, 0.25) is 0 Å². The second kappa shape index (κ2) is 9.87. The summed E-state index contributed by atoms with van der Waals surface area (Å²) in [6.07, 6.45) is 0.